The number of nitrogens with zero attached hydrogens (tertiary/aromatic N) is 1. The maximum atomic E-state index is 13.1. The molecule has 0 radical (unpaired) electrons. The SMILES string of the molecule is CCC(CC)(CNC(=O)c1cccc(N2NC(=O)C3CC=CCC3C2=O)c1)c1ccc(Cl)cc1. The summed E-state index contributed by atoms with van der Waals surface area (Å²) in [7, 11) is 0. The van der Waals surface area contributed by atoms with Crippen LogP contribution in [0.5, 0.6) is 0 Å². The molecule has 1 saturated heterocycles. The van der Waals surface area contributed by atoms with Crippen molar-refractivity contribution in [1.82, 2.24) is 10.7 Å². The molecule has 6 nitrogen and oxygen atoms in total. The molecule has 7 heteroatoms. The summed E-state index contributed by atoms with van der Waals surface area (Å²) in [5.74, 6) is -1.24. The molecule has 2 unspecified atom stereocenters. The van der Waals surface area contributed by atoms with Crippen molar-refractivity contribution in [3.8, 4) is 0 Å². The van der Waals surface area contributed by atoms with Crippen LogP contribution in [-0.4, -0.2) is 24.3 Å². The van der Waals surface area contributed by atoms with Crippen LogP contribution in [0.1, 0.15) is 55.5 Å². The van der Waals surface area contributed by atoms with E-state index in [0.717, 1.165) is 18.4 Å². The molecule has 0 aromatic heterocycles. The Labute approximate surface area is 205 Å². The summed E-state index contributed by atoms with van der Waals surface area (Å²) in [5.41, 5.74) is 4.55. The van der Waals surface area contributed by atoms with Gasteiger partial charge in [-0.2, -0.15) is 0 Å². The van der Waals surface area contributed by atoms with Gasteiger partial charge in [0.25, 0.3) is 5.91 Å². The van der Waals surface area contributed by atoms with Crippen molar-refractivity contribution in [2.45, 2.75) is 44.9 Å². The highest BCUT2D eigenvalue weighted by molar-refractivity contribution is 6.30. The number of carbonyl (C=O) groups excluding carboxylic acids is 3. The molecule has 0 saturated carbocycles. The van der Waals surface area contributed by atoms with Crippen LogP contribution in [0.25, 0.3) is 0 Å². The largest absolute Gasteiger partial charge is 0.351 e. The summed E-state index contributed by atoms with van der Waals surface area (Å²) < 4.78 is 0. The molecule has 2 N–H and O–H groups in total. The molecule has 1 aliphatic heterocycles. The number of rotatable bonds is 7. The van der Waals surface area contributed by atoms with E-state index in [4.69, 9.17) is 11.6 Å². The van der Waals surface area contributed by atoms with Gasteiger partial charge in [0.2, 0.25) is 11.8 Å². The van der Waals surface area contributed by atoms with Crippen molar-refractivity contribution < 1.29 is 14.4 Å². The first kappa shape index (κ1) is 24.0. The van der Waals surface area contributed by atoms with Gasteiger partial charge in [-0.15, -0.1) is 0 Å². The Morgan fingerprint density at radius 1 is 1.06 bits per heavy atom. The summed E-state index contributed by atoms with van der Waals surface area (Å²) in [4.78, 5) is 38.7. The highest BCUT2D eigenvalue weighted by atomic mass is 35.5. The van der Waals surface area contributed by atoms with Gasteiger partial charge in [-0.1, -0.05) is 55.8 Å². The van der Waals surface area contributed by atoms with Gasteiger partial charge in [0.1, 0.15) is 0 Å². The molecule has 3 amide bonds. The van der Waals surface area contributed by atoms with Crippen molar-refractivity contribution in [3.63, 3.8) is 0 Å². The van der Waals surface area contributed by atoms with Gasteiger partial charge in [-0.25, -0.2) is 5.01 Å². The Bertz CT molecular complexity index is 1110. The maximum absolute atomic E-state index is 13.1. The summed E-state index contributed by atoms with van der Waals surface area (Å²) in [6.07, 6.45) is 6.74. The number of anilines is 1. The van der Waals surface area contributed by atoms with Crippen LogP contribution in [0.15, 0.2) is 60.7 Å². The number of fused-ring (bicyclic) bond motifs is 1. The minimum atomic E-state index is -0.370. The lowest BCUT2D eigenvalue weighted by Gasteiger charge is -2.38. The number of nitrogens with one attached hydrogen (secondary N) is 2. The van der Waals surface area contributed by atoms with Crippen molar-refractivity contribution in [2.24, 2.45) is 11.8 Å². The fourth-order valence-electron chi connectivity index (χ4n) is 4.93. The molecule has 0 spiro atoms. The van der Waals surface area contributed by atoms with Gasteiger partial charge < -0.3 is 5.32 Å². The number of amides is 3. The first-order valence-electron chi connectivity index (χ1n) is 11.8. The van der Waals surface area contributed by atoms with Gasteiger partial charge in [0.15, 0.2) is 0 Å². The second-order valence-corrected chi connectivity index (χ2v) is 9.47. The predicted octanol–water partition coefficient (Wildman–Crippen LogP) is 4.79. The van der Waals surface area contributed by atoms with Crippen LogP contribution < -0.4 is 15.8 Å². The average molecular weight is 480 g/mol. The van der Waals surface area contributed by atoms with Gasteiger partial charge in [-0.3, -0.25) is 19.8 Å². The van der Waals surface area contributed by atoms with Gasteiger partial charge in [0.05, 0.1) is 17.5 Å². The van der Waals surface area contributed by atoms with Crippen LogP contribution >= 0.6 is 11.6 Å². The monoisotopic (exact) mass is 479 g/mol. The first-order chi connectivity index (χ1) is 16.4. The van der Waals surface area contributed by atoms with Crippen molar-refractivity contribution in [3.05, 3.63) is 76.8 Å². The van der Waals surface area contributed by atoms with E-state index >= 15 is 0 Å². The fraction of sp³-hybridized carbons (Fsp3) is 0.370. The third kappa shape index (κ3) is 4.60. The van der Waals surface area contributed by atoms with Crippen LogP contribution in [0.4, 0.5) is 5.69 Å². The molecule has 1 fully saturated rings. The van der Waals surface area contributed by atoms with E-state index in [9.17, 15) is 14.4 Å². The Kier molecular flexibility index (Phi) is 7.08. The lowest BCUT2D eigenvalue weighted by Crippen LogP contribution is -2.59. The third-order valence-corrected chi connectivity index (χ3v) is 7.54. The molecule has 2 aromatic carbocycles. The van der Waals surface area contributed by atoms with E-state index in [0.29, 0.717) is 35.7 Å². The lowest BCUT2D eigenvalue weighted by atomic mass is 9.75. The number of halogens is 1. The normalized spacial score (nSPS) is 20.0. The second-order valence-electron chi connectivity index (χ2n) is 9.03. The quantitative estimate of drug-likeness (QED) is 0.560. The zero-order chi connectivity index (χ0) is 24.3. The summed E-state index contributed by atoms with van der Waals surface area (Å²) in [5, 5.41) is 5.05. The lowest BCUT2D eigenvalue weighted by molar-refractivity contribution is -0.139. The molecule has 4 rings (SSSR count). The van der Waals surface area contributed by atoms with Crippen LogP contribution in [0.3, 0.4) is 0 Å². The smallest absolute Gasteiger partial charge is 0.251 e. The van der Waals surface area contributed by atoms with Crippen LogP contribution in [0, 0.1) is 11.8 Å². The average Bonchev–Trinajstić information content (AvgIpc) is 2.88. The van der Waals surface area contributed by atoms with E-state index in [1.807, 2.05) is 36.4 Å². The van der Waals surface area contributed by atoms with E-state index in [1.165, 1.54) is 5.01 Å². The Hall–Kier alpha value is -3.12. The number of benzene rings is 2. The second kappa shape index (κ2) is 10.0. The zero-order valence-electron chi connectivity index (χ0n) is 19.5. The number of hydrazine groups is 1. The van der Waals surface area contributed by atoms with Crippen molar-refractivity contribution in [2.75, 3.05) is 11.6 Å². The third-order valence-electron chi connectivity index (χ3n) is 7.29. The molecular weight excluding hydrogens is 450 g/mol. The zero-order valence-corrected chi connectivity index (χ0v) is 20.3. The predicted molar refractivity (Wildman–Crippen MR) is 133 cm³/mol. The summed E-state index contributed by atoms with van der Waals surface area (Å²) in [6, 6.07) is 14.6. The standard InChI is InChI=1S/C27H30ClN3O3/c1-3-27(4-2,19-12-14-20(28)15-13-19)17-29-24(32)18-8-7-9-21(16-18)31-26(34)23-11-6-5-10-22(23)25(33)30-31/h5-9,12-16,22-23H,3-4,10-11,17H2,1-2H3,(H,29,32)(H,30,33). The first-order valence-corrected chi connectivity index (χ1v) is 12.2. The minimum Gasteiger partial charge on any atom is -0.351 e. The van der Waals surface area contributed by atoms with Gasteiger partial charge in [-0.05, 0) is 61.6 Å². The Morgan fingerprint density at radius 2 is 1.74 bits per heavy atom. The van der Waals surface area contributed by atoms with Crippen LogP contribution in [0.2, 0.25) is 5.02 Å². The van der Waals surface area contributed by atoms with Crippen LogP contribution in [-0.2, 0) is 15.0 Å². The molecule has 2 aromatic rings. The van der Waals surface area contributed by atoms with E-state index in [2.05, 4.69) is 24.6 Å². The van der Waals surface area contributed by atoms with Crippen molar-refractivity contribution >= 4 is 35.0 Å². The molecule has 1 aliphatic carbocycles. The fourth-order valence-corrected chi connectivity index (χ4v) is 5.06. The van der Waals surface area contributed by atoms with Gasteiger partial charge in [0, 0.05) is 22.5 Å². The number of carbonyl (C=O) groups is 3. The summed E-state index contributed by atoms with van der Waals surface area (Å²) in [6.45, 7) is 4.70. The maximum Gasteiger partial charge on any atom is 0.251 e. The number of hydrogen-bond acceptors (Lipinski definition) is 3. The highest BCUT2D eigenvalue weighted by Gasteiger charge is 2.42. The number of hydrogen-bond donors (Lipinski definition) is 2. The molecule has 0 bridgehead atoms. The molecule has 178 valence electrons. The topological polar surface area (TPSA) is 78.5 Å². The minimum absolute atomic E-state index is 0.148. The molecule has 34 heavy (non-hydrogen) atoms. The molecule has 2 atom stereocenters. The Balaban J connectivity index is 1.50. The molecular formula is C27H30ClN3O3. The van der Waals surface area contributed by atoms with Gasteiger partial charge >= 0.3 is 0 Å². The van der Waals surface area contributed by atoms with E-state index < -0.39 is 0 Å². The Morgan fingerprint density at radius 3 is 2.41 bits per heavy atom. The van der Waals surface area contributed by atoms with E-state index in [-0.39, 0.29) is 35.0 Å². The molecule has 2 aliphatic rings. The summed E-state index contributed by atoms with van der Waals surface area (Å²) >= 11 is 6.06. The van der Waals surface area contributed by atoms with E-state index in [1.54, 1.807) is 24.3 Å². The van der Waals surface area contributed by atoms with Crippen molar-refractivity contribution in [1.29, 1.82) is 0 Å². The molecule has 1 heterocycles. The highest BCUT2D eigenvalue weighted by Crippen LogP contribution is 2.33. The number of allylic oxidation sites excluding steroid dienone is 2.